The van der Waals surface area contributed by atoms with Crippen LogP contribution in [0.4, 0.5) is 0 Å². The van der Waals surface area contributed by atoms with Gasteiger partial charge >= 0.3 is 0 Å². The van der Waals surface area contributed by atoms with E-state index in [2.05, 4.69) is 24.3 Å². The summed E-state index contributed by atoms with van der Waals surface area (Å²) in [6, 6.07) is 0.224. The van der Waals surface area contributed by atoms with Gasteiger partial charge in [-0.3, -0.25) is 9.48 Å². The molecule has 0 spiro atoms. The third kappa shape index (κ3) is 4.05. The lowest BCUT2D eigenvalue weighted by atomic mass is 10.1. The van der Waals surface area contributed by atoms with Crippen molar-refractivity contribution in [2.24, 2.45) is 0 Å². The number of hydrogen-bond donors (Lipinski definition) is 1. The zero-order valence-electron chi connectivity index (χ0n) is 11.6. The summed E-state index contributed by atoms with van der Waals surface area (Å²) in [4.78, 5) is 11.9. The molecular formula is C13H23N3O2. The minimum Gasteiger partial charge on any atom is -0.478 e. The van der Waals surface area contributed by atoms with Gasteiger partial charge in [0.25, 0.3) is 5.91 Å². The minimum absolute atomic E-state index is 0.0760. The molecule has 0 fully saturated rings. The van der Waals surface area contributed by atoms with E-state index < -0.39 is 6.10 Å². The molecule has 0 saturated carbocycles. The Morgan fingerprint density at radius 1 is 1.44 bits per heavy atom. The molecule has 1 aromatic rings. The van der Waals surface area contributed by atoms with Crippen LogP contribution in [0.2, 0.25) is 0 Å². The van der Waals surface area contributed by atoms with Gasteiger partial charge in [0.2, 0.25) is 0 Å². The van der Waals surface area contributed by atoms with Crippen molar-refractivity contribution in [1.29, 1.82) is 0 Å². The van der Waals surface area contributed by atoms with Crippen LogP contribution in [0.5, 0.6) is 5.75 Å². The van der Waals surface area contributed by atoms with E-state index in [4.69, 9.17) is 4.74 Å². The van der Waals surface area contributed by atoms with Crippen LogP contribution in [0.15, 0.2) is 12.4 Å². The maximum Gasteiger partial charge on any atom is 0.260 e. The Balaban J connectivity index is 2.48. The highest BCUT2D eigenvalue weighted by Gasteiger charge is 2.17. The summed E-state index contributed by atoms with van der Waals surface area (Å²) in [6.07, 6.45) is 4.79. The van der Waals surface area contributed by atoms with E-state index in [-0.39, 0.29) is 11.9 Å². The molecule has 1 amide bonds. The van der Waals surface area contributed by atoms with Crippen LogP contribution in [0.3, 0.4) is 0 Å². The first-order chi connectivity index (χ1) is 8.60. The number of hydrogen-bond acceptors (Lipinski definition) is 3. The predicted molar refractivity (Wildman–Crippen MR) is 70.5 cm³/mol. The third-order valence-corrected chi connectivity index (χ3v) is 2.95. The molecule has 5 nitrogen and oxygen atoms in total. The number of carbonyl (C=O) groups is 1. The second kappa shape index (κ2) is 7.03. The highest BCUT2D eigenvalue weighted by atomic mass is 16.5. The third-order valence-electron chi connectivity index (χ3n) is 2.95. The van der Waals surface area contributed by atoms with Crippen molar-refractivity contribution in [3.8, 4) is 5.75 Å². The summed E-state index contributed by atoms with van der Waals surface area (Å²) < 4.78 is 7.32. The van der Waals surface area contributed by atoms with Crippen molar-refractivity contribution in [1.82, 2.24) is 15.1 Å². The molecule has 0 aliphatic heterocycles. The summed E-state index contributed by atoms with van der Waals surface area (Å²) in [6.45, 7) is 8.66. The summed E-state index contributed by atoms with van der Waals surface area (Å²) in [5, 5.41) is 7.07. The predicted octanol–water partition coefficient (Wildman–Crippen LogP) is 1.98. The number of aryl methyl sites for hydroxylation is 1. The second-order valence-electron chi connectivity index (χ2n) is 4.31. The zero-order valence-corrected chi connectivity index (χ0v) is 11.6. The molecule has 18 heavy (non-hydrogen) atoms. The maximum absolute atomic E-state index is 11.9. The van der Waals surface area contributed by atoms with Crippen LogP contribution in [0.25, 0.3) is 0 Å². The van der Waals surface area contributed by atoms with Crippen molar-refractivity contribution in [2.75, 3.05) is 0 Å². The van der Waals surface area contributed by atoms with Crippen molar-refractivity contribution in [3.63, 3.8) is 0 Å². The van der Waals surface area contributed by atoms with Gasteiger partial charge in [0, 0.05) is 12.6 Å². The van der Waals surface area contributed by atoms with E-state index in [0.717, 1.165) is 19.4 Å². The molecule has 1 unspecified atom stereocenters. The standard InChI is InChI=1S/C13H23N3O2/c1-5-11(6-2)15-13(17)10(4)18-12-8-14-16(7-3)9-12/h8-11H,5-7H2,1-4H3,(H,15,17). The Bertz CT molecular complexity index is 372. The van der Waals surface area contributed by atoms with Crippen LogP contribution in [0.1, 0.15) is 40.5 Å². The first-order valence-corrected chi connectivity index (χ1v) is 6.60. The largest absolute Gasteiger partial charge is 0.478 e. The molecule has 0 aromatic carbocycles. The molecule has 0 radical (unpaired) electrons. The van der Waals surface area contributed by atoms with Crippen LogP contribution >= 0.6 is 0 Å². The first kappa shape index (κ1) is 14.5. The van der Waals surface area contributed by atoms with E-state index in [1.807, 2.05) is 6.92 Å². The summed E-state index contributed by atoms with van der Waals surface area (Å²) in [5.74, 6) is 0.553. The highest BCUT2D eigenvalue weighted by Crippen LogP contribution is 2.11. The van der Waals surface area contributed by atoms with Crippen molar-refractivity contribution < 1.29 is 9.53 Å². The zero-order chi connectivity index (χ0) is 13.5. The van der Waals surface area contributed by atoms with Crippen molar-refractivity contribution in [2.45, 2.75) is 59.2 Å². The van der Waals surface area contributed by atoms with E-state index >= 15 is 0 Å². The Morgan fingerprint density at radius 2 is 2.11 bits per heavy atom. The molecule has 1 heterocycles. The molecular weight excluding hydrogens is 230 g/mol. The van der Waals surface area contributed by atoms with Crippen LogP contribution in [-0.4, -0.2) is 27.8 Å². The minimum atomic E-state index is -0.500. The quantitative estimate of drug-likeness (QED) is 0.808. The number of ether oxygens (including phenoxy) is 1. The van der Waals surface area contributed by atoms with E-state index in [0.29, 0.717) is 5.75 Å². The van der Waals surface area contributed by atoms with Gasteiger partial charge < -0.3 is 10.1 Å². The van der Waals surface area contributed by atoms with E-state index in [1.165, 1.54) is 0 Å². The lowest BCUT2D eigenvalue weighted by molar-refractivity contribution is -0.128. The molecule has 1 N–H and O–H groups in total. The molecule has 0 bridgehead atoms. The lowest BCUT2D eigenvalue weighted by Gasteiger charge is -2.18. The van der Waals surface area contributed by atoms with Gasteiger partial charge in [-0.1, -0.05) is 13.8 Å². The van der Waals surface area contributed by atoms with Gasteiger partial charge in [-0.2, -0.15) is 5.10 Å². The van der Waals surface area contributed by atoms with Crippen LogP contribution < -0.4 is 10.1 Å². The number of amides is 1. The fourth-order valence-corrected chi connectivity index (χ4v) is 1.65. The lowest BCUT2D eigenvalue weighted by Crippen LogP contribution is -2.42. The second-order valence-corrected chi connectivity index (χ2v) is 4.31. The van der Waals surface area contributed by atoms with Gasteiger partial charge in [0.1, 0.15) is 0 Å². The van der Waals surface area contributed by atoms with Gasteiger partial charge in [-0.25, -0.2) is 0 Å². The molecule has 1 rings (SSSR count). The average Bonchev–Trinajstić information content (AvgIpc) is 2.83. The average molecular weight is 253 g/mol. The monoisotopic (exact) mass is 253 g/mol. The smallest absolute Gasteiger partial charge is 0.260 e. The first-order valence-electron chi connectivity index (χ1n) is 6.60. The van der Waals surface area contributed by atoms with Crippen molar-refractivity contribution >= 4 is 5.91 Å². The van der Waals surface area contributed by atoms with E-state index in [9.17, 15) is 4.79 Å². The molecule has 1 atom stereocenters. The van der Waals surface area contributed by atoms with Gasteiger partial charge in [-0.05, 0) is 26.7 Å². The fourth-order valence-electron chi connectivity index (χ4n) is 1.65. The molecule has 0 aliphatic carbocycles. The Kier molecular flexibility index (Phi) is 5.68. The molecule has 5 heteroatoms. The highest BCUT2D eigenvalue weighted by molar-refractivity contribution is 5.80. The maximum atomic E-state index is 11.9. The van der Waals surface area contributed by atoms with Gasteiger partial charge in [-0.15, -0.1) is 0 Å². The number of nitrogens with one attached hydrogen (secondary N) is 1. The normalized spacial score (nSPS) is 12.5. The number of nitrogens with zero attached hydrogens (tertiary/aromatic N) is 2. The van der Waals surface area contributed by atoms with Gasteiger partial charge in [0.15, 0.2) is 11.9 Å². The summed E-state index contributed by atoms with van der Waals surface area (Å²) in [5.41, 5.74) is 0. The Labute approximate surface area is 109 Å². The van der Waals surface area contributed by atoms with Crippen LogP contribution in [-0.2, 0) is 11.3 Å². The summed E-state index contributed by atoms with van der Waals surface area (Å²) in [7, 11) is 0. The molecule has 1 aromatic heterocycles. The number of carbonyl (C=O) groups excluding carboxylic acids is 1. The number of aromatic nitrogens is 2. The Morgan fingerprint density at radius 3 is 2.61 bits per heavy atom. The Hall–Kier alpha value is -1.52. The van der Waals surface area contributed by atoms with Crippen LogP contribution in [0, 0.1) is 0 Å². The molecule has 102 valence electrons. The topological polar surface area (TPSA) is 56.1 Å². The van der Waals surface area contributed by atoms with Gasteiger partial charge in [0.05, 0.1) is 12.4 Å². The fraction of sp³-hybridized carbons (Fsp3) is 0.692. The number of rotatable bonds is 7. The van der Waals surface area contributed by atoms with Crippen molar-refractivity contribution in [3.05, 3.63) is 12.4 Å². The SMILES string of the molecule is CCC(CC)NC(=O)C(C)Oc1cnn(CC)c1. The summed E-state index contributed by atoms with van der Waals surface area (Å²) >= 11 is 0. The van der Waals surface area contributed by atoms with E-state index in [1.54, 1.807) is 24.0 Å². The molecule has 0 saturated heterocycles. The molecule has 0 aliphatic rings.